The van der Waals surface area contributed by atoms with Crippen LogP contribution in [-0.2, 0) is 9.53 Å². The van der Waals surface area contributed by atoms with E-state index in [4.69, 9.17) is 15.7 Å². The van der Waals surface area contributed by atoms with E-state index in [1.807, 2.05) is 39.8 Å². The molecule has 0 saturated carbocycles. The van der Waals surface area contributed by atoms with Gasteiger partial charge in [0.2, 0.25) is 5.91 Å². The Hall–Kier alpha value is -3.01. The molecular weight excluding hydrogens is 558 g/mol. The Morgan fingerprint density at radius 3 is 2.70 bits per heavy atom. The SMILES string of the molecule is C=C(NC(CCC1C=CCCC1)C(=O)NC/C=C/C=C(\C=C/C)C(/N)=N/O)C(COC(C)(C)C)NSCC1C=CC=CC1. The minimum Gasteiger partial charge on any atom is -0.409 e. The molecule has 0 spiro atoms. The van der Waals surface area contributed by atoms with Crippen LogP contribution in [0.15, 0.2) is 89.8 Å². The van der Waals surface area contributed by atoms with Gasteiger partial charge in [0.05, 0.1) is 18.2 Å². The van der Waals surface area contributed by atoms with Gasteiger partial charge in [0.15, 0.2) is 5.84 Å². The summed E-state index contributed by atoms with van der Waals surface area (Å²) in [6, 6.07) is -0.608. The van der Waals surface area contributed by atoms with Gasteiger partial charge in [-0.3, -0.25) is 9.52 Å². The Bertz CT molecular complexity index is 1080. The van der Waals surface area contributed by atoms with Crippen molar-refractivity contribution >= 4 is 23.7 Å². The van der Waals surface area contributed by atoms with Crippen molar-refractivity contribution in [1.29, 1.82) is 0 Å². The molecule has 2 rings (SSSR count). The van der Waals surface area contributed by atoms with Gasteiger partial charge in [-0.15, -0.1) is 0 Å². The van der Waals surface area contributed by atoms with Crippen LogP contribution in [0, 0.1) is 11.8 Å². The molecule has 0 fully saturated rings. The summed E-state index contributed by atoms with van der Waals surface area (Å²) in [6.07, 6.45) is 28.2. The summed E-state index contributed by atoms with van der Waals surface area (Å²) in [5.41, 5.74) is 6.74. The first-order valence-electron chi connectivity index (χ1n) is 15.3. The smallest absolute Gasteiger partial charge is 0.242 e. The number of amidine groups is 1. The highest BCUT2D eigenvalue weighted by Gasteiger charge is 2.25. The summed E-state index contributed by atoms with van der Waals surface area (Å²) >= 11 is 1.67. The normalized spacial score (nSPS) is 20.9. The number of rotatable bonds is 18. The number of nitrogens with one attached hydrogen (secondary N) is 3. The van der Waals surface area contributed by atoms with Gasteiger partial charge in [-0.1, -0.05) is 90.5 Å². The molecule has 4 unspecified atom stereocenters. The van der Waals surface area contributed by atoms with Crippen molar-refractivity contribution in [2.24, 2.45) is 22.7 Å². The van der Waals surface area contributed by atoms with E-state index in [1.54, 1.807) is 30.2 Å². The molecule has 2 aliphatic rings. The van der Waals surface area contributed by atoms with Gasteiger partial charge in [0.1, 0.15) is 6.04 Å². The molecule has 0 aromatic heterocycles. The van der Waals surface area contributed by atoms with Crippen molar-refractivity contribution in [2.75, 3.05) is 18.9 Å². The maximum Gasteiger partial charge on any atom is 0.242 e. The summed E-state index contributed by atoms with van der Waals surface area (Å²) in [5, 5.41) is 18.5. The Balaban J connectivity index is 2.07. The molecule has 0 aliphatic heterocycles. The lowest BCUT2D eigenvalue weighted by Gasteiger charge is -2.30. The topological polar surface area (TPSA) is 121 Å². The average molecular weight is 612 g/mol. The maximum atomic E-state index is 13.4. The average Bonchev–Trinajstić information content (AvgIpc) is 3.00. The lowest BCUT2D eigenvalue weighted by molar-refractivity contribution is -0.123. The van der Waals surface area contributed by atoms with Gasteiger partial charge in [-0.25, -0.2) is 0 Å². The van der Waals surface area contributed by atoms with Crippen LogP contribution >= 0.6 is 11.9 Å². The molecule has 1 amide bonds. The molecule has 9 heteroatoms. The van der Waals surface area contributed by atoms with E-state index in [2.05, 4.69) is 63.5 Å². The quantitative estimate of drug-likeness (QED) is 0.0243. The Morgan fingerprint density at radius 2 is 2.05 bits per heavy atom. The summed E-state index contributed by atoms with van der Waals surface area (Å²) < 4.78 is 9.69. The molecule has 0 saturated heterocycles. The summed E-state index contributed by atoms with van der Waals surface area (Å²) in [6.45, 7) is 13.1. The van der Waals surface area contributed by atoms with Crippen molar-refractivity contribution in [1.82, 2.24) is 15.4 Å². The van der Waals surface area contributed by atoms with Crippen LogP contribution in [0.4, 0.5) is 0 Å². The summed E-state index contributed by atoms with van der Waals surface area (Å²) in [7, 11) is 0. The van der Waals surface area contributed by atoms with Crippen molar-refractivity contribution in [2.45, 2.75) is 83.9 Å². The fourth-order valence-electron chi connectivity index (χ4n) is 4.63. The molecule has 0 radical (unpaired) electrons. The standard InChI is InChI=1S/C34H53N5O3S/c1-6-15-29(32(35)38-41)20-13-14-23-36-33(40)30(22-21-27-16-9-7-10-17-27)37-26(2)31(24-42-34(3,4)5)39-43-25-28-18-11-8-12-19-28/h6,8-9,11-16,18,20,27-28,30-31,37,39,41H,2,7,10,17,19,21-25H2,1,3-5H3,(H2,35,38)(H,36,40)/b14-13+,15-6-,29-20+. The number of oxime groups is 1. The molecule has 0 aromatic carbocycles. The number of carbonyl (C=O) groups excluding carboxylic acids is 1. The molecule has 8 nitrogen and oxygen atoms in total. The Kier molecular flexibility index (Phi) is 16.9. The van der Waals surface area contributed by atoms with Crippen LogP contribution in [0.3, 0.4) is 0 Å². The Labute approximate surface area is 263 Å². The predicted octanol–water partition coefficient (Wildman–Crippen LogP) is 6.07. The second-order valence-electron chi connectivity index (χ2n) is 11.9. The van der Waals surface area contributed by atoms with Crippen LogP contribution in [0.25, 0.3) is 0 Å². The summed E-state index contributed by atoms with van der Waals surface area (Å²) in [4.78, 5) is 13.4. The van der Waals surface area contributed by atoms with E-state index in [9.17, 15) is 4.79 Å². The van der Waals surface area contributed by atoms with Crippen molar-refractivity contribution in [3.05, 3.63) is 84.7 Å². The Morgan fingerprint density at radius 1 is 1.23 bits per heavy atom. The second kappa shape index (κ2) is 20.0. The number of nitrogens with two attached hydrogens (primary N) is 1. The molecule has 238 valence electrons. The number of ether oxygens (including phenoxy) is 1. The number of nitrogens with zero attached hydrogens (tertiary/aromatic N) is 1. The molecular formula is C34H53N5O3S. The van der Waals surface area contributed by atoms with Gasteiger partial charge in [-0.05, 0) is 78.1 Å². The first kappa shape index (κ1) is 36.2. The van der Waals surface area contributed by atoms with E-state index >= 15 is 0 Å². The van der Waals surface area contributed by atoms with Gasteiger partial charge in [-0.2, -0.15) is 0 Å². The maximum absolute atomic E-state index is 13.4. The van der Waals surface area contributed by atoms with Crippen molar-refractivity contribution in [3.63, 3.8) is 0 Å². The lowest BCUT2D eigenvalue weighted by Crippen LogP contribution is -2.48. The van der Waals surface area contributed by atoms with E-state index < -0.39 is 6.04 Å². The number of hydrogen-bond donors (Lipinski definition) is 5. The molecule has 2 aliphatic carbocycles. The fraction of sp³-hybridized carbons (Fsp3) is 0.529. The largest absolute Gasteiger partial charge is 0.409 e. The highest BCUT2D eigenvalue weighted by atomic mass is 32.2. The van der Waals surface area contributed by atoms with E-state index in [1.165, 1.54) is 6.42 Å². The molecule has 6 N–H and O–H groups in total. The number of amides is 1. The number of allylic oxidation sites excluding steroid dienone is 9. The number of hydrogen-bond acceptors (Lipinski definition) is 7. The fourth-order valence-corrected chi connectivity index (χ4v) is 5.60. The summed E-state index contributed by atoms with van der Waals surface area (Å²) in [5.74, 6) is 1.85. The zero-order chi connectivity index (χ0) is 31.5. The van der Waals surface area contributed by atoms with Gasteiger partial charge in [0.25, 0.3) is 0 Å². The van der Waals surface area contributed by atoms with E-state index in [0.717, 1.165) is 37.1 Å². The first-order valence-corrected chi connectivity index (χ1v) is 16.3. The van der Waals surface area contributed by atoms with Crippen LogP contribution in [-0.4, -0.2) is 53.5 Å². The first-order chi connectivity index (χ1) is 20.6. The van der Waals surface area contributed by atoms with Crippen molar-refractivity contribution in [3.8, 4) is 0 Å². The number of carbonyl (C=O) groups is 1. The monoisotopic (exact) mass is 611 g/mol. The highest BCUT2D eigenvalue weighted by molar-refractivity contribution is 7.97. The second-order valence-corrected chi connectivity index (χ2v) is 12.8. The zero-order valence-electron chi connectivity index (χ0n) is 26.4. The molecule has 0 bridgehead atoms. The molecule has 43 heavy (non-hydrogen) atoms. The van der Waals surface area contributed by atoms with Crippen LogP contribution < -0.4 is 21.1 Å². The van der Waals surface area contributed by atoms with E-state index in [0.29, 0.717) is 37.0 Å². The van der Waals surface area contributed by atoms with Crippen LogP contribution in [0.2, 0.25) is 0 Å². The zero-order valence-corrected chi connectivity index (χ0v) is 27.2. The van der Waals surface area contributed by atoms with Gasteiger partial charge >= 0.3 is 0 Å². The van der Waals surface area contributed by atoms with Crippen LogP contribution in [0.5, 0.6) is 0 Å². The minimum absolute atomic E-state index is 0.0233. The van der Waals surface area contributed by atoms with E-state index in [-0.39, 0.29) is 23.4 Å². The highest BCUT2D eigenvalue weighted by Crippen LogP contribution is 2.23. The van der Waals surface area contributed by atoms with Crippen molar-refractivity contribution < 1.29 is 14.7 Å². The van der Waals surface area contributed by atoms with Gasteiger partial charge < -0.3 is 26.3 Å². The lowest BCUT2D eigenvalue weighted by atomic mass is 9.90. The van der Waals surface area contributed by atoms with Gasteiger partial charge in [0, 0.05) is 23.6 Å². The molecule has 0 heterocycles. The predicted molar refractivity (Wildman–Crippen MR) is 182 cm³/mol. The third-order valence-electron chi connectivity index (χ3n) is 7.11. The van der Waals surface area contributed by atoms with Crippen LogP contribution in [0.1, 0.15) is 66.2 Å². The molecule has 0 aromatic rings. The third kappa shape index (κ3) is 15.3. The third-order valence-corrected chi connectivity index (χ3v) is 8.15. The minimum atomic E-state index is -0.433. The molecule has 4 atom stereocenters.